The van der Waals surface area contributed by atoms with Gasteiger partial charge in [0, 0.05) is 18.3 Å². The van der Waals surface area contributed by atoms with Crippen LogP contribution >= 0.6 is 22.9 Å². The SMILES string of the molecule is CN(c1ccc(C(=O)Nc2ccc(S(=O)(=O)Nc3ccccc3Cl)cc2)cc1)S(=O)(=O)c1cccs1. The van der Waals surface area contributed by atoms with E-state index in [2.05, 4.69) is 10.0 Å². The Labute approximate surface area is 218 Å². The lowest BCUT2D eigenvalue weighted by atomic mass is 10.2. The van der Waals surface area contributed by atoms with E-state index in [4.69, 9.17) is 11.6 Å². The van der Waals surface area contributed by atoms with Gasteiger partial charge in [0.2, 0.25) is 0 Å². The van der Waals surface area contributed by atoms with Crippen molar-refractivity contribution in [2.24, 2.45) is 0 Å². The summed E-state index contributed by atoms with van der Waals surface area (Å²) < 4.78 is 54.4. The third kappa shape index (κ3) is 5.54. The zero-order valence-corrected chi connectivity index (χ0v) is 22.0. The molecule has 0 bridgehead atoms. The number of thiophene rings is 1. The van der Waals surface area contributed by atoms with Crippen LogP contribution in [0.5, 0.6) is 0 Å². The molecule has 4 aromatic rings. The van der Waals surface area contributed by atoms with Crippen molar-refractivity contribution in [1.29, 1.82) is 0 Å². The Kier molecular flexibility index (Phi) is 7.36. The second kappa shape index (κ2) is 10.3. The van der Waals surface area contributed by atoms with Gasteiger partial charge in [-0.05, 0) is 72.1 Å². The quantitative estimate of drug-likeness (QED) is 0.304. The van der Waals surface area contributed by atoms with Crippen molar-refractivity contribution < 1.29 is 21.6 Å². The maximum absolute atomic E-state index is 12.7. The summed E-state index contributed by atoms with van der Waals surface area (Å²) in [5.41, 5.74) is 1.35. The molecule has 0 saturated heterocycles. The van der Waals surface area contributed by atoms with Crippen LogP contribution in [0.15, 0.2) is 99.4 Å². The Balaban J connectivity index is 1.43. The van der Waals surface area contributed by atoms with Crippen LogP contribution in [-0.2, 0) is 20.0 Å². The minimum atomic E-state index is -3.87. The van der Waals surface area contributed by atoms with Gasteiger partial charge < -0.3 is 5.32 Å². The molecular weight excluding hydrogens is 542 g/mol. The number of halogens is 1. The van der Waals surface area contributed by atoms with Crippen molar-refractivity contribution in [3.8, 4) is 0 Å². The molecule has 1 heterocycles. The second-order valence-corrected chi connectivity index (χ2v) is 12.7. The molecule has 8 nitrogen and oxygen atoms in total. The number of para-hydroxylation sites is 1. The molecule has 4 rings (SSSR count). The number of carbonyl (C=O) groups excluding carboxylic acids is 1. The first-order valence-corrected chi connectivity index (χ1v) is 14.6. The Morgan fingerprint density at radius 3 is 2.14 bits per heavy atom. The fourth-order valence-electron chi connectivity index (χ4n) is 3.18. The second-order valence-electron chi connectivity index (χ2n) is 7.52. The Morgan fingerprint density at radius 2 is 1.53 bits per heavy atom. The first-order chi connectivity index (χ1) is 17.1. The van der Waals surface area contributed by atoms with Gasteiger partial charge in [0.15, 0.2) is 0 Å². The molecule has 3 aromatic carbocycles. The van der Waals surface area contributed by atoms with Gasteiger partial charge in [0.1, 0.15) is 4.21 Å². The normalized spacial score (nSPS) is 11.6. The van der Waals surface area contributed by atoms with Crippen molar-refractivity contribution in [3.05, 3.63) is 101 Å². The minimum absolute atomic E-state index is 0.000223. The molecule has 0 spiro atoms. The van der Waals surface area contributed by atoms with Gasteiger partial charge in [0.25, 0.3) is 26.0 Å². The monoisotopic (exact) mass is 561 g/mol. The van der Waals surface area contributed by atoms with E-state index in [9.17, 15) is 21.6 Å². The number of amides is 1. The maximum atomic E-state index is 12.7. The number of nitrogens with zero attached hydrogens (tertiary/aromatic N) is 1. The van der Waals surface area contributed by atoms with Gasteiger partial charge in [-0.15, -0.1) is 11.3 Å². The van der Waals surface area contributed by atoms with E-state index in [1.807, 2.05) is 0 Å². The van der Waals surface area contributed by atoms with Gasteiger partial charge in [0.05, 0.1) is 21.3 Å². The third-order valence-electron chi connectivity index (χ3n) is 5.14. The van der Waals surface area contributed by atoms with E-state index < -0.39 is 26.0 Å². The van der Waals surface area contributed by atoms with Gasteiger partial charge >= 0.3 is 0 Å². The van der Waals surface area contributed by atoms with Gasteiger partial charge in [-0.2, -0.15) is 0 Å². The van der Waals surface area contributed by atoms with Crippen LogP contribution in [0.2, 0.25) is 5.02 Å². The summed E-state index contributed by atoms with van der Waals surface area (Å²) in [5.74, 6) is -0.435. The molecule has 0 atom stereocenters. The number of carbonyl (C=O) groups is 1. The van der Waals surface area contributed by atoms with Crippen molar-refractivity contribution in [3.63, 3.8) is 0 Å². The molecule has 36 heavy (non-hydrogen) atoms. The van der Waals surface area contributed by atoms with Crippen LogP contribution in [0.1, 0.15) is 10.4 Å². The van der Waals surface area contributed by atoms with E-state index in [-0.39, 0.29) is 19.8 Å². The number of rotatable bonds is 8. The molecule has 1 amide bonds. The maximum Gasteiger partial charge on any atom is 0.273 e. The zero-order chi connectivity index (χ0) is 25.9. The lowest BCUT2D eigenvalue weighted by Crippen LogP contribution is -2.25. The van der Waals surface area contributed by atoms with Crippen LogP contribution < -0.4 is 14.3 Å². The average Bonchev–Trinajstić information content (AvgIpc) is 3.41. The number of hydrogen-bond acceptors (Lipinski definition) is 6. The first-order valence-electron chi connectivity index (χ1n) is 10.4. The van der Waals surface area contributed by atoms with E-state index in [1.165, 1.54) is 61.6 Å². The van der Waals surface area contributed by atoms with Crippen molar-refractivity contribution in [2.45, 2.75) is 9.10 Å². The number of nitrogens with one attached hydrogen (secondary N) is 2. The van der Waals surface area contributed by atoms with Gasteiger partial charge in [-0.1, -0.05) is 29.8 Å². The molecule has 0 unspecified atom stereocenters. The summed E-state index contributed by atoms with van der Waals surface area (Å²) in [4.78, 5) is 12.7. The first kappa shape index (κ1) is 25.7. The highest BCUT2D eigenvalue weighted by Gasteiger charge is 2.22. The summed E-state index contributed by atoms with van der Waals surface area (Å²) in [6, 6.07) is 21.4. The summed E-state index contributed by atoms with van der Waals surface area (Å²) in [6.07, 6.45) is 0. The predicted octanol–water partition coefficient (Wildman–Crippen LogP) is 5.28. The molecule has 0 aliphatic rings. The number of sulfonamides is 2. The molecule has 0 radical (unpaired) electrons. The van der Waals surface area contributed by atoms with Crippen LogP contribution in [0, 0.1) is 0 Å². The lowest BCUT2D eigenvalue weighted by molar-refractivity contribution is 0.102. The third-order valence-corrected chi connectivity index (χ3v) is 10.0. The molecule has 0 aliphatic carbocycles. The van der Waals surface area contributed by atoms with Crippen LogP contribution in [0.3, 0.4) is 0 Å². The smallest absolute Gasteiger partial charge is 0.273 e. The summed E-state index contributed by atoms with van der Waals surface area (Å²) in [5, 5.41) is 4.65. The average molecular weight is 562 g/mol. The summed E-state index contributed by atoms with van der Waals surface area (Å²) >= 11 is 7.15. The zero-order valence-electron chi connectivity index (χ0n) is 18.8. The van der Waals surface area contributed by atoms with Gasteiger partial charge in [-0.3, -0.25) is 13.8 Å². The van der Waals surface area contributed by atoms with Crippen molar-refractivity contribution >= 4 is 66.0 Å². The van der Waals surface area contributed by atoms with E-state index in [0.717, 1.165) is 15.6 Å². The molecule has 12 heteroatoms. The molecule has 186 valence electrons. The van der Waals surface area contributed by atoms with Gasteiger partial charge in [-0.25, -0.2) is 16.8 Å². The Morgan fingerprint density at radius 1 is 0.861 bits per heavy atom. The molecule has 1 aromatic heterocycles. The van der Waals surface area contributed by atoms with Crippen molar-refractivity contribution in [2.75, 3.05) is 21.4 Å². The van der Waals surface area contributed by atoms with Crippen LogP contribution in [-0.4, -0.2) is 29.8 Å². The van der Waals surface area contributed by atoms with Crippen LogP contribution in [0.25, 0.3) is 0 Å². The number of hydrogen-bond donors (Lipinski definition) is 2. The minimum Gasteiger partial charge on any atom is -0.322 e. The highest BCUT2D eigenvalue weighted by molar-refractivity contribution is 7.94. The Bertz CT molecular complexity index is 1590. The predicted molar refractivity (Wildman–Crippen MR) is 143 cm³/mol. The van der Waals surface area contributed by atoms with E-state index >= 15 is 0 Å². The molecule has 0 aliphatic heterocycles. The topological polar surface area (TPSA) is 113 Å². The largest absolute Gasteiger partial charge is 0.322 e. The van der Waals surface area contributed by atoms with E-state index in [1.54, 1.807) is 35.7 Å². The number of benzene rings is 3. The fraction of sp³-hybridized carbons (Fsp3) is 0.0417. The molecular formula is C24H20ClN3O5S3. The highest BCUT2D eigenvalue weighted by Crippen LogP contribution is 2.26. The summed E-state index contributed by atoms with van der Waals surface area (Å²) in [7, 11) is -6.11. The van der Waals surface area contributed by atoms with E-state index in [0.29, 0.717) is 16.9 Å². The summed E-state index contributed by atoms with van der Waals surface area (Å²) in [6.45, 7) is 0. The highest BCUT2D eigenvalue weighted by atomic mass is 35.5. The lowest BCUT2D eigenvalue weighted by Gasteiger charge is -2.18. The molecule has 0 saturated carbocycles. The van der Waals surface area contributed by atoms with Crippen LogP contribution in [0.4, 0.5) is 17.1 Å². The standard InChI is InChI=1S/C24H20ClN3O5S3/c1-28(36(32,33)23-7-4-16-34-23)19-12-8-17(9-13-19)24(29)26-18-10-14-20(15-11-18)35(30,31)27-22-6-3-2-5-21(22)25/h2-16,27H,1H3,(H,26,29). The molecule has 0 fully saturated rings. The Hall–Kier alpha value is -3.38. The number of anilines is 3. The van der Waals surface area contributed by atoms with Crippen molar-refractivity contribution in [1.82, 2.24) is 0 Å². The molecule has 2 N–H and O–H groups in total. The fourth-order valence-corrected chi connectivity index (χ4v) is 6.85.